The van der Waals surface area contributed by atoms with Gasteiger partial charge in [0.15, 0.2) is 5.84 Å². The largest absolute Gasteiger partial charge is 0.417 e. The molecular weight excluding hydrogens is 307 g/mol. The van der Waals surface area contributed by atoms with Crippen LogP contribution in [0.3, 0.4) is 0 Å². The Bertz CT molecular complexity index is 580. The highest BCUT2D eigenvalue weighted by Gasteiger charge is 2.34. The van der Waals surface area contributed by atoms with Crippen LogP contribution in [-0.4, -0.2) is 39.8 Å². The maximum absolute atomic E-state index is 12.9. The van der Waals surface area contributed by atoms with E-state index in [9.17, 15) is 17.4 Å². The van der Waals surface area contributed by atoms with Crippen LogP contribution >= 0.6 is 0 Å². The first kappa shape index (κ1) is 15.6. The summed E-state index contributed by atoms with van der Waals surface area (Å²) in [5.74, 6) is 0.351. The van der Waals surface area contributed by atoms with Crippen LogP contribution in [0.2, 0.25) is 0 Å². The fourth-order valence-corrected chi connectivity index (χ4v) is 3.19. The van der Waals surface area contributed by atoms with Gasteiger partial charge in [0.25, 0.3) is 0 Å². The van der Waals surface area contributed by atoms with Crippen LogP contribution < -0.4 is 10.6 Å². The Morgan fingerprint density at radius 3 is 2.48 bits per heavy atom. The molecule has 0 unspecified atom stereocenters. The quantitative estimate of drug-likeness (QED) is 0.373. The fraction of sp³-hybridized carbons (Fsp3) is 0.417. The third kappa shape index (κ3) is 3.46. The van der Waals surface area contributed by atoms with E-state index < -0.39 is 28.4 Å². The van der Waals surface area contributed by atoms with E-state index in [0.717, 1.165) is 6.07 Å². The van der Waals surface area contributed by atoms with Crippen LogP contribution in [-0.2, 0) is 17.0 Å². The minimum atomic E-state index is -4.59. The van der Waals surface area contributed by atoms with Crippen LogP contribution in [0, 0.1) is 0 Å². The van der Waals surface area contributed by atoms with E-state index in [0.29, 0.717) is 30.3 Å². The first-order valence-electron chi connectivity index (χ1n) is 6.12. The van der Waals surface area contributed by atoms with Crippen LogP contribution in [0.1, 0.15) is 11.1 Å². The lowest BCUT2D eigenvalue weighted by atomic mass is 10.0. The summed E-state index contributed by atoms with van der Waals surface area (Å²) in [7, 11) is -0.879. The molecule has 21 heavy (non-hydrogen) atoms. The average Bonchev–Trinajstić information content (AvgIpc) is 2.45. The highest BCUT2D eigenvalue weighted by molar-refractivity contribution is 7.85. The number of hydrogen-bond acceptors (Lipinski definition) is 4. The van der Waals surface area contributed by atoms with E-state index >= 15 is 0 Å². The Morgan fingerprint density at radius 1 is 1.33 bits per heavy atom. The molecule has 0 saturated carbocycles. The van der Waals surface area contributed by atoms with Gasteiger partial charge in [-0.15, -0.1) is 0 Å². The third-order valence-corrected chi connectivity index (χ3v) is 4.51. The molecule has 2 rings (SSSR count). The summed E-state index contributed by atoms with van der Waals surface area (Å²) < 4.78 is 50.1. The second-order valence-corrected chi connectivity index (χ2v) is 6.24. The van der Waals surface area contributed by atoms with Gasteiger partial charge in [0, 0.05) is 46.6 Å². The zero-order valence-corrected chi connectivity index (χ0v) is 11.7. The van der Waals surface area contributed by atoms with Crippen LogP contribution in [0.4, 0.5) is 18.9 Å². The monoisotopic (exact) mass is 321 g/mol. The Morgan fingerprint density at radius 2 is 1.95 bits per heavy atom. The molecule has 1 aromatic carbocycles. The standard InChI is InChI=1S/C12H14F3N3O2S/c13-12(14,15)10-2-1-8(7-9(10)11(16)17-19)18-3-5-21(20)6-4-18/h1-2,7,19H,3-6H2,(H2,16,17). The van der Waals surface area contributed by atoms with Crippen molar-refractivity contribution in [1.29, 1.82) is 0 Å². The van der Waals surface area contributed by atoms with E-state index in [4.69, 9.17) is 10.9 Å². The first-order valence-corrected chi connectivity index (χ1v) is 7.61. The van der Waals surface area contributed by atoms with Gasteiger partial charge >= 0.3 is 6.18 Å². The fourth-order valence-electron chi connectivity index (χ4n) is 2.14. The predicted octanol–water partition coefficient (Wildman–Crippen LogP) is 1.37. The van der Waals surface area contributed by atoms with Gasteiger partial charge in [-0.2, -0.15) is 13.2 Å². The lowest BCUT2D eigenvalue weighted by Gasteiger charge is -2.29. The molecule has 1 saturated heterocycles. The van der Waals surface area contributed by atoms with Crippen molar-refractivity contribution in [3.05, 3.63) is 29.3 Å². The molecule has 0 spiro atoms. The van der Waals surface area contributed by atoms with Crippen LogP contribution in [0.15, 0.2) is 23.4 Å². The van der Waals surface area contributed by atoms with E-state index in [1.165, 1.54) is 12.1 Å². The number of hydrogen-bond donors (Lipinski definition) is 2. The van der Waals surface area contributed by atoms with E-state index in [1.54, 1.807) is 0 Å². The highest BCUT2D eigenvalue weighted by Crippen LogP contribution is 2.34. The van der Waals surface area contributed by atoms with Crippen molar-refractivity contribution in [3.8, 4) is 0 Å². The Hall–Kier alpha value is -1.77. The Kier molecular flexibility index (Phi) is 4.40. The van der Waals surface area contributed by atoms with Gasteiger partial charge < -0.3 is 15.8 Å². The molecule has 9 heteroatoms. The van der Waals surface area contributed by atoms with Gasteiger partial charge in [0.05, 0.1) is 5.56 Å². The molecule has 1 aliphatic rings. The van der Waals surface area contributed by atoms with Crippen molar-refractivity contribution in [3.63, 3.8) is 0 Å². The van der Waals surface area contributed by atoms with Gasteiger partial charge in [-0.1, -0.05) is 5.16 Å². The summed E-state index contributed by atoms with van der Waals surface area (Å²) in [6.07, 6.45) is -4.59. The van der Waals surface area contributed by atoms with Crippen molar-refractivity contribution < 1.29 is 22.6 Å². The van der Waals surface area contributed by atoms with Crippen molar-refractivity contribution >= 4 is 22.3 Å². The summed E-state index contributed by atoms with van der Waals surface area (Å²) in [5, 5.41) is 11.3. The molecule has 0 radical (unpaired) electrons. The number of nitrogens with zero attached hydrogens (tertiary/aromatic N) is 2. The molecule has 1 aromatic rings. The summed E-state index contributed by atoms with van der Waals surface area (Å²) in [6.45, 7) is 0.987. The SMILES string of the molecule is N/C(=N/O)c1cc(N2CCS(=O)CC2)ccc1C(F)(F)F. The zero-order valence-electron chi connectivity index (χ0n) is 10.9. The smallest absolute Gasteiger partial charge is 0.409 e. The number of oxime groups is 1. The Balaban J connectivity index is 2.40. The number of alkyl halides is 3. The van der Waals surface area contributed by atoms with Crippen LogP contribution in [0.5, 0.6) is 0 Å². The number of nitrogens with two attached hydrogens (primary N) is 1. The van der Waals surface area contributed by atoms with Gasteiger partial charge in [-0.25, -0.2) is 0 Å². The van der Waals surface area contributed by atoms with Crippen LogP contribution in [0.25, 0.3) is 0 Å². The lowest BCUT2D eigenvalue weighted by Crippen LogP contribution is -2.38. The van der Waals surface area contributed by atoms with Crippen molar-refractivity contribution in [2.24, 2.45) is 10.9 Å². The average molecular weight is 321 g/mol. The van der Waals surface area contributed by atoms with Gasteiger partial charge in [-0.05, 0) is 18.2 Å². The molecule has 116 valence electrons. The van der Waals surface area contributed by atoms with Gasteiger partial charge in [-0.3, -0.25) is 4.21 Å². The second-order valence-electron chi connectivity index (χ2n) is 4.55. The second kappa shape index (κ2) is 5.92. The topological polar surface area (TPSA) is 78.9 Å². The van der Waals surface area contributed by atoms with E-state index in [1.807, 2.05) is 4.90 Å². The van der Waals surface area contributed by atoms with E-state index in [2.05, 4.69) is 5.16 Å². The summed E-state index contributed by atoms with van der Waals surface area (Å²) in [6, 6.07) is 3.49. The maximum atomic E-state index is 12.9. The molecule has 1 aliphatic heterocycles. The summed E-state index contributed by atoms with van der Waals surface area (Å²) >= 11 is 0. The molecule has 0 aliphatic carbocycles. The molecule has 0 amide bonds. The molecule has 1 fully saturated rings. The molecule has 5 nitrogen and oxygen atoms in total. The maximum Gasteiger partial charge on any atom is 0.417 e. The molecule has 1 heterocycles. The minimum absolute atomic E-state index is 0.366. The zero-order chi connectivity index (χ0) is 15.6. The minimum Gasteiger partial charge on any atom is -0.409 e. The third-order valence-electron chi connectivity index (χ3n) is 3.24. The molecule has 0 atom stereocenters. The summed E-state index contributed by atoms with van der Waals surface area (Å²) in [4.78, 5) is 1.83. The number of anilines is 1. The summed E-state index contributed by atoms with van der Waals surface area (Å²) in [5.41, 5.74) is 4.55. The van der Waals surface area contributed by atoms with Gasteiger partial charge in [0.1, 0.15) is 0 Å². The van der Waals surface area contributed by atoms with Crippen molar-refractivity contribution in [1.82, 2.24) is 0 Å². The number of halogens is 3. The normalized spacial score (nSPS) is 18.0. The molecule has 0 bridgehead atoms. The molecule has 3 N–H and O–H groups in total. The predicted molar refractivity (Wildman–Crippen MR) is 74.0 cm³/mol. The van der Waals surface area contributed by atoms with Crippen molar-refractivity contribution in [2.45, 2.75) is 6.18 Å². The molecular formula is C12H14F3N3O2S. The van der Waals surface area contributed by atoms with Gasteiger partial charge in [0.2, 0.25) is 0 Å². The number of benzene rings is 1. The van der Waals surface area contributed by atoms with E-state index in [-0.39, 0.29) is 5.56 Å². The first-order chi connectivity index (χ1) is 9.82. The number of rotatable bonds is 2. The lowest BCUT2D eigenvalue weighted by molar-refractivity contribution is -0.137. The molecule has 0 aromatic heterocycles. The highest BCUT2D eigenvalue weighted by atomic mass is 32.2. The van der Waals surface area contributed by atoms with Crippen molar-refractivity contribution in [2.75, 3.05) is 29.5 Å². The number of amidine groups is 1. The Labute approximate surface area is 121 Å².